The van der Waals surface area contributed by atoms with Gasteiger partial charge < -0.3 is 19.0 Å². The molecule has 0 saturated carbocycles. The van der Waals surface area contributed by atoms with E-state index in [0.29, 0.717) is 11.6 Å². The van der Waals surface area contributed by atoms with E-state index in [0.717, 1.165) is 25.1 Å². The lowest BCUT2D eigenvalue weighted by atomic mass is 9.95. The highest BCUT2D eigenvalue weighted by molar-refractivity contribution is 6.05. The summed E-state index contributed by atoms with van der Waals surface area (Å²) in [7, 11) is 5.62. The van der Waals surface area contributed by atoms with Crippen LogP contribution in [-0.2, 0) is 17.8 Å². The fraction of sp³-hybridized carbons (Fsp3) is 0.444. The zero-order valence-electron chi connectivity index (χ0n) is 14.4. The number of rotatable bonds is 5. The van der Waals surface area contributed by atoms with E-state index in [1.165, 1.54) is 11.8 Å². The van der Waals surface area contributed by atoms with Gasteiger partial charge in [-0.05, 0) is 38.6 Å². The molecule has 1 unspecified atom stereocenters. The van der Waals surface area contributed by atoms with Gasteiger partial charge in [-0.3, -0.25) is 4.79 Å². The number of oxazole rings is 1. The van der Waals surface area contributed by atoms with Crippen molar-refractivity contribution in [3.63, 3.8) is 0 Å². The summed E-state index contributed by atoms with van der Waals surface area (Å²) in [5.41, 5.74) is 2.49. The molecule has 1 amide bonds. The Hall–Kier alpha value is -2.18. The molecule has 0 bridgehead atoms. The van der Waals surface area contributed by atoms with Crippen molar-refractivity contribution in [3.05, 3.63) is 47.7 Å². The number of benzene rings is 1. The van der Waals surface area contributed by atoms with Gasteiger partial charge in [0.15, 0.2) is 5.69 Å². The van der Waals surface area contributed by atoms with Gasteiger partial charge in [0.25, 0.3) is 5.91 Å². The first kappa shape index (κ1) is 16.7. The van der Waals surface area contributed by atoms with Crippen molar-refractivity contribution in [2.24, 2.45) is 0 Å². The molecule has 2 heterocycles. The number of aromatic nitrogens is 1. The summed E-state index contributed by atoms with van der Waals surface area (Å²) in [6.07, 6.45) is 3.33. The van der Waals surface area contributed by atoms with E-state index in [1.807, 2.05) is 37.2 Å². The molecule has 1 aliphatic rings. The van der Waals surface area contributed by atoms with Gasteiger partial charge in [0.1, 0.15) is 12.9 Å². The predicted molar refractivity (Wildman–Crippen MR) is 91.1 cm³/mol. The van der Waals surface area contributed by atoms with Crippen LogP contribution in [0.3, 0.4) is 0 Å². The maximum Gasteiger partial charge on any atom is 0.280 e. The minimum absolute atomic E-state index is 0.116. The summed E-state index contributed by atoms with van der Waals surface area (Å²) < 4.78 is 10.3. The Labute approximate surface area is 142 Å². The molecule has 0 N–H and O–H groups in total. The lowest BCUT2D eigenvalue weighted by Crippen LogP contribution is -2.48. The van der Waals surface area contributed by atoms with Gasteiger partial charge >= 0.3 is 0 Å². The van der Waals surface area contributed by atoms with Gasteiger partial charge in [0.05, 0.1) is 6.04 Å². The number of nitrogens with zero attached hydrogens (tertiary/aromatic N) is 3. The molecular formula is C18H23N3O3. The molecule has 128 valence electrons. The van der Waals surface area contributed by atoms with E-state index >= 15 is 0 Å². The average molecular weight is 329 g/mol. The normalized spacial score (nSPS) is 17.2. The standard InChI is InChI=1S/C18H23N3O3/c1-20(2)10-14-9-8-13-6-4-5-7-16(13)21(14)18(22)15-11-24-17(19-15)12-23-3/h4-7,11,14H,8-10,12H2,1-3H3. The van der Waals surface area contributed by atoms with Crippen LogP contribution < -0.4 is 4.90 Å². The van der Waals surface area contributed by atoms with Crippen LogP contribution >= 0.6 is 0 Å². The predicted octanol–water partition coefficient (Wildman–Crippen LogP) is 2.34. The lowest BCUT2D eigenvalue weighted by molar-refractivity contribution is 0.0963. The summed E-state index contributed by atoms with van der Waals surface area (Å²) >= 11 is 0. The number of likely N-dealkylation sites (N-methyl/N-ethyl adjacent to an activating group) is 1. The van der Waals surface area contributed by atoms with Crippen LogP contribution in [0.1, 0.15) is 28.4 Å². The number of para-hydroxylation sites is 1. The minimum Gasteiger partial charge on any atom is -0.446 e. The molecule has 1 aromatic heterocycles. The molecule has 0 fully saturated rings. The summed E-state index contributed by atoms with van der Waals surface area (Å²) in [6.45, 7) is 1.06. The Bertz CT molecular complexity index is 711. The van der Waals surface area contributed by atoms with Crippen LogP contribution in [0.2, 0.25) is 0 Å². The smallest absolute Gasteiger partial charge is 0.280 e. The third-order valence-corrected chi connectivity index (χ3v) is 4.20. The third-order valence-electron chi connectivity index (χ3n) is 4.20. The first-order chi connectivity index (χ1) is 11.6. The quantitative estimate of drug-likeness (QED) is 0.843. The molecule has 6 nitrogen and oxygen atoms in total. The van der Waals surface area contributed by atoms with Crippen molar-refractivity contribution in [2.45, 2.75) is 25.5 Å². The molecule has 2 aromatic rings. The molecular weight excluding hydrogens is 306 g/mol. The first-order valence-electron chi connectivity index (χ1n) is 8.09. The maximum absolute atomic E-state index is 13.1. The Morgan fingerprint density at radius 2 is 2.21 bits per heavy atom. The molecule has 0 spiro atoms. The largest absolute Gasteiger partial charge is 0.446 e. The number of aryl methyl sites for hydroxylation is 1. The van der Waals surface area contributed by atoms with Gasteiger partial charge in [0.2, 0.25) is 5.89 Å². The number of hydrogen-bond acceptors (Lipinski definition) is 5. The average Bonchev–Trinajstić information content (AvgIpc) is 3.02. The van der Waals surface area contributed by atoms with Crippen molar-refractivity contribution in [2.75, 3.05) is 32.6 Å². The van der Waals surface area contributed by atoms with Crippen molar-refractivity contribution >= 4 is 11.6 Å². The van der Waals surface area contributed by atoms with Crippen molar-refractivity contribution in [1.29, 1.82) is 0 Å². The molecule has 1 aromatic carbocycles. The number of hydrogen-bond donors (Lipinski definition) is 0. The highest BCUT2D eigenvalue weighted by Crippen LogP contribution is 2.32. The molecule has 0 aliphatic carbocycles. The highest BCUT2D eigenvalue weighted by atomic mass is 16.5. The zero-order chi connectivity index (χ0) is 17.1. The fourth-order valence-corrected chi connectivity index (χ4v) is 3.20. The molecule has 6 heteroatoms. The van der Waals surface area contributed by atoms with Crippen LogP contribution in [0.15, 0.2) is 34.9 Å². The topological polar surface area (TPSA) is 58.8 Å². The second kappa shape index (κ2) is 7.15. The van der Waals surface area contributed by atoms with Gasteiger partial charge in [-0.1, -0.05) is 18.2 Å². The first-order valence-corrected chi connectivity index (χ1v) is 8.09. The SMILES string of the molecule is COCc1nc(C(=O)N2c3ccccc3CCC2CN(C)C)co1. The van der Waals surface area contributed by atoms with E-state index in [2.05, 4.69) is 16.0 Å². The van der Waals surface area contributed by atoms with E-state index in [-0.39, 0.29) is 18.6 Å². The summed E-state index contributed by atoms with van der Waals surface area (Å²) in [4.78, 5) is 21.4. The Morgan fingerprint density at radius 3 is 2.96 bits per heavy atom. The zero-order valence-corrected chi connectivity index (χ0v) is 14.4. The Morgan fingerprint density at radius 1 is 1.42 bits per heavy atom. The number of amides is 1. The third kappa shape index (κ3) is 3.34. The van der Waals surface area contributed by atoms with E-state index < -0.39 is 0 Å². The Balaban J connectivity index is 1.94. The second-order valence-corrected chi connectivity index (χ2v) is 6.32. The Kier molecular flexibility index (Phi) is 4.97. The van der Waals surface area contributed by atoms with Crippen LogP contribution in [-0.4, -0.2) is 49.6 Å². The number of anilines is 1. The summed E-state index contributed by atoms with van der Waals surface area (Å²) in [6, 6.07) is 8.19. The molecule has 24 heavy (non-hydrogen) atoms. The molecule has 1 atom stereocenters. The maximum atomic E-state index is 13.1. The van der Waals surface area contributed by atoms with Crippen molar-refractivity contribution < 1.29 is 13.9 Å². The number of ether oxygens (including phenoxy) is 1. The number of methoxy groups -OCH3 is 1. The van der Waals surface area contributed by atoms with Crippen LogP contribution in [0.4, 0.5) is 5.69 Å². The minimum atomic E-state index is -0.125. The van der Waals surface area contributed by atoms with Crippen LogP contribution in [0.25, 0.3) is 0 Å². The number of carbonyl (C=O) groups excluding carboxylic acids is 1. The molecule has 3 rings (SSSR count). The van der Waals surface area contributed by atoms with Gasteiger partial charge in [-0.15, -0.1) is 0 Å². The van der Waals surface area contributed by atoms with Gasteiger partial charge in [0, 0.05) is 19.3 Å². The highest BCUT2D eigenvalue weighted by Gasteiger charge is 2.33. The molecule has 0 radical (unpaired) electrons. The van der Waals surface area contributed by atoms with Crippen molar-refractivity contribution in [3.8, 4) is 0 Å². The fourth-order valence-electron chi connectivity index (χ4n) is 3.20. The molecule has 1 aliphatic heterocycles. The van der Waals surface area contributed by atoms with Crippen LogP contribution in [0, 0.1) is 0 Å². The van der Waals surface area contributed by atoms with E-state index in [9.17, 15) is 4.79 Å². The lowest BCUT2D eigenvalue weighted by Gasteiger charge is -2.38. The van der Waals surface area contributed by atoms with Crippen LogP contribution in [0.5, 0.6) is 0 Å². The second-order valence-electron chi connectivity index (χ2n) is 6.32. The summed E-state index contributed by atoms with van der Waals surface area (Å²) in [5, 5.41) is 0. The van der Waals surface area contributed by atoms with Gasteiger partial charge in [-0.2, -0.15) is 0 Å². The number of carbonyl (C=O) groups is 1. The number of fused-ring (bicyclic) bond motifs is 1. The summed E-state index contributed by atoms with van der Waals surface area (Å²) in [5.74, 6) is 0.287. The van der Waals surface area contributed by atoms with E-state index in [1.54, 1.807) is 7.11 Å². The van der Waals surface area contributed by atoms with Gasteiger partial charge in [-0.25, -0.2) is 4.98 Å². The van der Waals surface area contributed by atoms with Crippen molar-refractivity contribution in [1.82, 2.24) is 9.88 Å². The van der Waals surface area contributed by atoms with E-state index in [4.69, 9.17) is 9.15 Å². The molecule has 0 saturated heterocycles. The monoisotopic (exact) mass is 329 g/mol.